The van der Waals surface area contributed by atoms with Crippen LogP contribution in [0.4, 0.5) is 0 Å². The van der Waals surface area contributed by atoms with E-state index in [1.54, 1.807) is 10.7 Å². The van der Waals surface area contributed by atoms with Crippen molar-refractivity contribution in [2.45, 2.75) is 26.8 Å². The van der Waals surface area contributed by atoms with E-state index in [-0.39, 0.29) is 6.54 Å². The molecule has 1 rings (SSSR count). The number of amides is 1. The van der Waals surface area contributed by atoms with Crippen molar-refractivity contribution in [3.05, 3.63) is 17.5 Å². The summed E-state index contributed by atoms with van der Waals surface area (Å²) in [6.07, 6.45) is 0.742. The number of carbonyl (C=O) groups is 2. The van der Waals surface area contributed by atoms with E-state index in [2.05, 4.69) is 10.4 Å². The molecule has 0 bridgehead atoms. The van der Waals surface area contributed by atoms with Gasteiger partial charge in [0.05, 0.1) is 5.69 Å². The molecule has 88 valence electrons. The number of nitrogens with zero attached hydrogens (tertiary/aromatic N) is 2. The minimum absolute atomic E-state index is 0.380. The van der Waals surface area contributed by atoms with Gasteiger partial charge in [-0.3, -0.25) is 14.3 Å². The van der Waals surface area contributed by atoms with E-state index in [4.69, 9.17) is 5.11 Å². The highest BCUT2D eigenvalue weighted by molar-refractivity contribution is 5.94. The predicted octanol–water partition coefficient (Wildman–Crippen LogP) is 0.280. The number of aryl methyl sites for hydroxylation is 2. The summed E-state index contributed by atoms with van der Waals surface area (Å²) in [6, 6.07) is 1.68. The summed E-state index contributed by atoms with van der Waals surface area (Å²) in [7, 11) is 0. The Morgan fingerprint density at radius 1 is 1.50 bits per heavy atom. The van der Waals surface area contributed by atoms with Crippen LogP contribution >= 0.6 is 0 Å². The van der Waals surface area contributed by atoms with Gasteiger partial charge in [0.2, 0.25) is 0 Å². The average Bonchev–Trinajstić information content (AvgIpc) is 2.68. The van der Waals surface area contributed by atoms with Gasteiger partial charge in [0, 0.05) is 6.54 Å². The first kappa shape index (κ1) is 12.2. The van der Waals surface area contributed by atoms with E-state index in [0.29, 0.717) is 12.2 Å². The Morgan fingerprint density at radius 2 is 2.19 bits per heavy atom. The van der Waals surface area contributed by atoms with Crippen molar-refractivity contribution in [3.63, 3.8) is 0 Å². The first-order chi connectivity index (χ1) is 7.58. The summed E-state index contributed by atoms with van der Waals surface area (Å²) >= 11 is 0. The number of carbonyl (C=O) groups excluding carboxylic acids is 1. The van der Waals surface area contributed by atoms with E-state index < -0.39 is 11.9 Å². The molecule has 0 saturated heterocycles. The molecule has 0 spiro atoms. The van der Waals surface area contributed by atoms with E-state index in [9.17, 15) is 9.59 Å². The molecule has 0 atom stereocenters. The zero-order valence-corrected chi connectivity index (χ0v) is 9.36. The van der Waals surface area contributed by atoms with Gasteiger partial charge >= 0.3 is 5.97 Å². The number of rotatable bonds is 5. The Bertz CT molecular complexity index is 398. The van der Waals surface area contributed by atoms with Crippen LogP contribution in [0.1, 0.15) is 30.0 Å². The smallest absolute Gasteiger partial charge is 0.322 e. The second-order valence-corrected chi connectivity index (χ2v) is 3.27. The summed E-state index contributed by atoms with van der Waals surface area (Å²) < 4.78 is 1.57. The Kier molecular flexibility index (Phi) is 4.04. The first-order valence-corrected chi connectivity index (χ1v) is 5.15. The van der Waals surface area contributed by atoms with Gasteiger partial charge in [-0.2, -0.15) is 5.10 Å². The number of carboxylic acids is 1. The van der Waals surface area contributed by atoms with Crippen molar-refractivity contribution in [3.8, 4) is 0 Å². The molecule has 6 nitrogen and oxygen atoms in total. The SMILES string of the molecule is CCc1cc(C(=O)NCC(=O)O)n(CC)n1. The number of aromatic nitrogens is 2. The van der Waals surface area contributed by atoms with Gasteiger partial charge in [0.15, 0.2) is 0 Å². The van der Waals surface area contributed by atoms with Crippen molar-refractivity contribution in [1.29, 1.82) is 0 Å². The summed E-state index contributed by atoms with van der Waals surface area (Å²) in [5, 5.41) is 15.0. The first-order valence-electron chi connectivity index (χ1n) is 5.15. The van der Waals surface area contributed by atoms with Gasteiger partial charge in [0.25, 0.3) is 5.91 Å². The van der Waals surface area contributed by atoms with Crippen LogP contribution in [0.15, 0.2) is 6.07 Å². The van der Waals surface area contributed by atoms with Crippen molar-refractivity contribution < 1.29 is 14.7 Å². The quantitative estimate of drug-likeness (QED) is 0.753. The van der Waals surface area contributed by atoms with Crippen LogP contribution in [0, 0.1) is 0 Å². The highest BCUT2D eigenvalue weighted by Crippen LogP contribution is 2.05. The monoisotopic (exact) mass is 225 g/mol. The minimum Gasteiger partial charge on any atom is -0.480 e. The number of carboxylic acid groups (broad SMARTS) is 1. The molecule has 0 saturated carbocycles. The maximum absolute atomic E-state index is 11.6. The van der Waals surface area contributed by atoms with Crippen LogP contribution in [-0.2, 0) is 17.8 Å². The Labute approximate surface area is 93.3 Å². The van der Waals surface area contributed by atoms with Crippen LogP contribution in [0.5, 0.6) is 0 Å². The molecule has 0 radical (unpaired) electrons. The molecule has 0 aromatic carbocycles. The van der Waals surface area contributed by atoms with Crippen LogP contribution in [0.3, 0.4) is 0 Å². The molecule has 0 aliphatic heterocycles. The van der Waals surface area contributed by atoms with Crippen molar-refractivity contribution >= 4 is 11.9 Å². The minimum atomic E-state index is -1.06. The lowest BCUT2D eigenvalue weighted by molar-refractivity contribution is -0.135. The largest absolute Gasteiger partial charge is 0.480 e. The fourth-order valence-corrected chi connectivity index (χ4v) is 1.31. The number of hydrogen-bond donors (Lipinski definition) is 2. The van der Waals surface area contributed by atoms with Gasteiger partial charge in [0.1, 0.15) is 12.2 Å². The topological polar surface area (TPSA) is 84.2 Å². The summed E-state index contributed by atoms with van der Waals surface area (Å²) in [4.78, 5) is 21.9. The molecule has 1 aromatic heterocycles. The maximum Gasteiger partial charge on any atom is 0.322 e. The van der Waals surface area contributed by atoms with Gasteiger partial charge < -0.3 is 10.4 Å². The normalized spacial score (nSPS) is 10.1. The highest BCUT2D eigenvalue weighted by Gasteiger charge is 2.14. The zero-order valence-electron chi connectivity index (χ0n) is 9.36. The molecule has 16 heavy (non-hydrogen) atoms. The van der Waals surface area contributed by atoms with E-state index in [0.717, 1.165) is 12.1 Å². The third kappa shape index (κ3) is 2.82. The molecule has 1 aromatic rings. The van der Waals surface area contributed by atoms with Gasteiger partial charge in [-0.1, -0.05) is 6.92 Å². The molecule has 0 unspecified atom stereocenters. The Morgan fingerprint density at radius 3 is 2.69 bits per heavy atom. The highest BCUT2D eigenvalue weighted by atomic mass is 16.4. The lowest BCUT2D eigenvalue weighted by atomic mass is 10.3. The zero-order chi connectivity index (χ0) is 12.1. The Hall–Kier alpha value is -1.85. The van der Waals surface area contributed by atoms with E-state index in [1.165, 1.54) is 0 Å². The third-order valence-corrected chi connectivity index (χ3v) is 2.13. The number of hydrogen-bond acceptors (Lipinski definition) is 3. The number of aliphatic carboxylic acids is 1. The molecule has 2 N–H and O–H groups in total. The fraction of sp³-hybridized carbons (Fsp3) is 0.500. The van der Waals surface area contributed by atoms with Gasteiger partial charge in [-0.05, 0) is 19.4 Å². The summed E-state index contributed by atoms with van der Waals surface area (Å²) in [5.41, 5.74) is 1.22. The molecular weight excluding hydrogens is 210 g/mol. The van der Waals surface area contributed by atoms with Crippen LogP contribution in [-0.4, -0.2) is 33.3 Å². The van der Waals surface area contributed by atoms with Crippen molar-refractivity contribution in [2.24, 2.45) is 0 Å². The Balaban J connectivity index is 2.80. The standard InChI is InChI=1S/C10H15N3O3/c1-3-7-5-8(13(4-2)12-7)10(16)11-6-9(14)15/h5H,3-4,6H2,1-2H3,(H,11,16)(H,14,15). The third-order valence-electron chi connectivity index (χ3n) is 2.13. The molecule has 0 aliphatic carbocycles. The van der Waals surface area contributed by atoms with Gasteiger partial charge in [-0.15, -0.1) is 0 Å². The maximum atomic E-state index is 11.6. The van der Waals surface area contributed by atoms with Crippen molar-refractivity contribution in [1.82, 2.24) is 15.1 Å². The van der Waals surface area contributed by atoms with Crippen LogP contribution < -0.4 is 5.32 Å². The molecule has 6 heteroatoms. The summed E-state index contributed by atoms with van der Waals surface area (Å²) in [6.45, 7) is 4.02. The van der Waals surface area contributed by atoms with E-state index >= 15 is 0 Å². The second-order valence-electron chi connectivity index (χ2n) is 3.27. The number of nitrogens with one attached hydrogen (secondary N) is 1. The second kappa shape index (κ2) is 5.29. The van der Waals surface area contributed by atoms with Crippen molar-refractivity contribution in [2.75, 3.05) is 6.54 Å². The molecule has 1 amide bonds. The van der Waals surface area contributed by atoms with Gasteiger partial charge in [-0.25, -0.2) is 0 Å². The molecular formula is C10H15N3O3. The fourth-order valence-electron chi connectivity index (χ4n) is 1.31. The van der Waals surface area contributed by atoms with Crippen LogP contribution in [0.25, 0.3) is 0 Å². The molecule has 0 fully saturated rings. The average molecular weight is 225 g/mol. The molecule has 1 heterocycles. The molecule has 0 aliphatic rings. The van der Waals surface area contributed by atoms with E-state index in [1.807, 2.05) is 13.8 Å². The van der Waals surface area contributed by atoms with Crippen LogP contribution in [0.2, 0.25) is 0 Å². The summed E-state index contributed by atoms with van der Waals surface area (Å²) in [5.74, 6) is -1.47. The lowest BCUT2D eigenvalue weighted by Gasteiger charge is -2.03. The predicted molar refractivity (Wildman–Crippen MR) is 57.2 cm³/mol. The lowest BCUT2D eigenvalue weighted by Crippen LogP contribution is -2.30.